The van der Waals surface area contributed by atoms with Crippen molar-refractivity contribution in [2.45, 2.75) is 4.90 Å². The molecule has 1 amide bonds. The fourth-order valence-electron chi connectivity index (χ4n) is 1.99. The molecular weight excluding hydrogens is 366 g/mol. The molecule has 0 aliphatic heterocycles. The van der Waals surface area contributed by atoms with E-state index in [0.29, 0.717) is 11.5 Å². The van der Waals surface area contributed by atoms with E-state index in [1.807, 2.05) is 10.3 Å². The maximum absolute atomic E-state index is 12.2. The highest BCUT2D eigenvalue weighted by Gasteiger charge is 2.19. The van der Waals surface area contributed by atoms with Crippen LogP contribution in [0.3, 0.4) is 0 Å². The molecule has 2 aromatic rings. The lowest BCUT2D eigenvalue weighted by Crippen LogP contribution is -2.41. The Labute approximate surface area is 148 Å². The Morgan fingerprint density at radius 3 is 2.38 bits per heavy atom. The lowest BCUT2D eigenvalue weighted by Gasteiger charge is -2.11. The molecule has 0 saturated carbocycles. The van der Waals surface area contributed by atoms with E-state index < -0.39 is 20.9 Å². The summed E-state index contributed by atoms with van der Waals surface area (Å²) in [6.45, 7) is 0. The summed E-state index contributed by atoms with van der Waals surface area (Å²) in [5.74, 6) is -0.0529. The fraction of sp³-hybridized carbons (Fsp3) is 0.133. The van der Waals surface area contributed by atoms with Crippen LogP contribution in [0.2, 0.25) is 0 Å². The first-order chi connectivity index (χ1) is 12.3. The second-order valence-corrected chi connectivity index (χ2v) is 6.57. The van der Waals surface area contributed by atoms with Crippen LogP contribution >= 0.6 is 0 Å². The molecule has 0 atom stereocenters. The Balaban J connectivity index is 2.15. The molecular formula is C15H15N3O7S. The summed E-state index contributed by atoms with van der Waals surface area (Å²) in [6, 6.07) is 8.70. The molecule has 11 heteroatoms. The molecule has 0 aromatic heterocycles. The molecule has 10 nitrogen and oxygen atoms in total. The smallest absolute Gasteiger partial charge is 0.270 e. The lowest BCUT2D eigenvalue weighted by atomic mass is 10.2. The molecule has 0 spiro atoms. The maximum atomic E-state index is 12.2. The monoisotopic (exact) mass is 381 g/mol. The van der Waals surface area contributed by atoms with Gasteiger partial charge in [-0.25, -0.2) is 8.42 Å². The van der Waals surface area contributed by atoms with Gasteiger partial charge in [0, 0.05) is 17.7 Å². The molecule has 0 aliphatic rings. The zero-order chi connectivity index (χ0) is 19.3. The highest BCUT2D eigenvalue weighted by molar-refractivity contribution is 7.89. The molecule has 0 fully saturated rings. The molecule has 0 saturated heterocycles. The number of nitrogens with zero attached hydrogens (tertiary/aromatic N) is 1. The SMILES string of the molecule is COc1ccc(C(=O)NNS(=O)(=O)c2cccc([N+](=O)[O-])c2)cc1OC. The molecule has 0 heterocycles. The number of carbonyl (C=O) groups is 1. The Morgan fingerprint density at radius 1 is 1.08 bits per heavy atom. The molecule has 0 aliphatic carbocycles. The van der Waals surface area contributed by atoms with E-state index >= 15 is 0 Å². The van der Waals surface area contributed by atoms with Crippen molar-refractivity contribution < 1.29 is 27.6 Å². The fourth-order valence-corrected chi connectivity index (χ4v) is 2.86. The van der Waals surface area contributed by atoms with Gasteiger partial charge in [-0.2, -0.15) is 0 Å². The number of nitrogens with one attached hydrogen (secondary N) is 2. The van der Waals surface area contributed by atoms with Gasteiger partial charge in [0.1, 0.15) is 0 Å². The summed E-state index contributed by atoms with van der Waals surface area (Å²) >= 11 is 0. The van der Waals surface area contributed by atoms with E-state index in [1.54, 1.807) is 0 Å². The first-order valence-corrected chi connectivity index (χ1v) is 8.55. The molecule has 0 radical (unpaired) electrons. The van der Waals surface area contributed by atoms with Crippen LogP contribution in [0.1, 0.15) is 10.4 Å². The summed E-state index contributed by atoms with van der Waals surface area (Å²) in [7, 11) is -1.36. The molecule has 2 rings (SSSR count). The minimum Gasteiger partial charge on any atom is -0.493 e. The van der Waals surface area contributed by atoms with E-state index in [4.69, 9.17) is 9.47 Å². The van der Waals surface area contributed by atoms with Gasteiger partial charge in [-0.05, 0) is 24.3 Å². The predicted octanol–water partition coefficient (Wildman–Crippen LogP) is 1.24. The van der Waals surface area contributed by atoms with Crippen LogP contribution in [0.15, 0.2) is 47.4 Å². The zero-order valence-corrected chi connectivity index (χ0v) is 14.6. The van der Waals surface area contributed by atoms with Crippen LogP contribution < -0.4 is 19.7 Å². The topological polar surface area (TPSA) is 137 Å². The number of carbonyl (C=O) groups excluding carboxylic acids is 1. The van der Waals surface area contributed by atoms with Crippen LogP contribution in [0.25, 0.3) is 0 Å². The number of nitro benzene ring substituents is 1. The zero-order valence-electron chi connectivity index (χ0n) is 13.8. The molecule has 26 heavy (non-hydrogen) atoms. The first-order valence-electron chi connectivity index (χ1n) is 7.07. The van der Waals surface area contributed by atoms with Crippen molar-refractivity contribution in [1.29, 1.82) is 0 Å². The van der Waals surface area contributed by atoms with Crippen molar-refractivity contribution >= 4 is 21.6 Å². The maximum Gasteiger partial charge on any atom is 0.270 e. The number of hydrogen-bond donors (Lipinski definition) is 2. The van der Waals surface area contributed by atoms with Gasteiger partial charge in [0.2, 0.25) is 0 Å². The lowest BCUT2D eigenvalue weighted by molar-refractivity contribution is -0.385. The van der Waals surface area contributed by atoms with Gasteiger partial charge in [0.05, 0.1) is 24.0 Å². The van der Waals surface area contributed by atoms with Crippen LogP contribution in [-0.4, -0.2) is 33.5 Å². The average molecular weight is 381 g/mol. The van der Waals surface area contributed by atoms with Crippen LogP contribution in [-0.2, 0) is 10.0 Å². The van der Waals surface area contributed by atoms with E-state index in [1.165, 1.54) is 38.5 Å². The van der Waals surface area contributed by atoms with Gasteiger partial charge in [-0.3, -0.25) is 20.3 Å². The number of hydrazine groups is 1. The normalized spacial score (nSPS) is 10.8. The number of benzene rings is 2. The third-order valence-corrected chi connectivity index (χ3v) is 4.53. The van der Waals surface area contributed by atoms with Crippen LogP contribution in [0.5, 0.6) is 11.5 Å². The molecule has 2 N–H and O–H groups in total. The second-order valence-electron chi connectivity index (χ2n) is 4.88. The molecule has 0 unspecified atom stereocenters. The molecule has 2 aromatic carbocycles. The first kappa shape index (κ1) is 19.1. The van der Waals surface area contributed by atoms with E-state index in [0.717, 1.165) is 18.2 Å². The number of methoxy groups -OCH3 is 2. The van der Waals surface area contributed by atoms with E-state index in [2.05, 4.69) is 0 Å². The van der Waals surface area contributed by atoms with Gasteiger partial charge in [-0.15, -0.1) is 4.83 Å². The second kappa shape index (κ2) is 7.80. The third kappa shape index (κ3) is 4.26. The van der Waals surface area contributed by atoms with Crippen molar-refractivity contribution in [1.82, 2.24) is 10.3 Å². The number of ether oxygens (including phenoxy) is 2. The third-order valence-electron chi connectivity index (χ3n) is 3.28. The summed E-state index contributed by atoms with van der Waals surface area (Å²) in [6.07, 6.45) is 0. The Bertz CT molecular complexity index is 944. The van der Waals surface area contributed by atoms with Gasteiger partial charge in [-0.1, -0.05) is 6.07 Å². The van der Waals surface area contributed by atoms with E-state index in [-0.39, 0.29) is 16.1 Å². The van der Waals surface area contributed by atoms with Crippen LogP contribution in [0, 0.1) is 10.1 Å². The number of hydrogen-bond acceptors (Lipinski definition) is 7. The summed E-state index contributed by atoms with van der Waals surface area (Å²) in [5.41, 5.74) is 1.76. The Kier molecular flexibility index (Phi) is 5.75. The van der Waals surface area contributed by atoms with Crippen molar-refractivity contribution in [3.63, 3.8) is 0 Å². The van der Waals surface area contributed by atoms with Gasteiger partial charge < -0.3 is 9.47 Å². The van der Waals surface area contributed by atoms with Crippen molar-refractivity contribution in [3.8, 4) is 11.5 Å². The number of non-ortho nitro benzene ring substituents is 1. The summed E-state index contributed by atoms with van der Waals surface area (Å²) in [5, 5.41) is 10.7. The highest BCUT2D eigenvalue weighted by atomic mass is 32.2. The standard InChI is InChI=1S/C15H15N3O7S/c1-24-13-7-6-10(8-14(13)25-2)15(19)16-17-26(22,23)12-5-3-4-11(9-12)18(20)21/h3-9,17H,1-2H3,(H,16,19). The summed E-state index contributed by atoms with van der Waals surface area (Å²) < 4.78 is 34.5. The number of nitro groups is 1. The van der Waals surface area contributed by atoms with Crippen molar-refractivity contribution in [3.05, 3.63) is 58.1 Å². The van der Waals surface area contributed by atoms with Crippen molar-refractivity contribution in [2.75, 3.05) is 14.2 Å². The number of rotatable bonds is 7. The van der Waals surface area contributed by atoms with E-state index in [9.17, 15) is 23.3 Å². The highest BCUT2D eigenvalue weighted by Crippen LogP contribution is 2.27. The summed E-state index contributed by atoms with van der Waals surface area (Å²) in [4.78, 5) is 23.7. The predicted molar refractivity (Wildman–Crippen MR) is 90.4 cm³/mol. The van der Waals surface area contributed by atoms with Gasteiger partial charge in [0.25, 0.3) is 21.6 Å². The number of sulfonamides is 1. The molecule has 138 valence electrons. The van der Waals surface area contributed by atoms with Crippen molar-refractivity contribution in [2.24, 2.45) is 0 Å². The number of amides is 1. The van der Waals surface area contributed by atoms with Gasteiger partial charge >= 0.3 is 0 Å². The van der Waals surface area contributed by atoms with Crippen LogP contribution in [0.4, 0.5) is 5.69 Å². The Morgan fingerprint density at radius 2 is 1.77 bits per heavy atom. The minimum absolute atomic E-state index is 0.115. The quantitative estimate of drug-likeness (QED) is 0.543. The molecule has 0 bridgehead atoms. The Hall–Kier alpha value is -3.18. The van der Waals surface area contributed by atoms with Gasteiger partial charge in [0.15, 0.2) is 11.5 Å². The minimum atomic E-state index is -4.19. The average Bonchev–Trinajstić information content (AvgIpc) is 2.65. The largest absolute Gasteiger partial charge is 0.493 e.